The molecule has 0 radical (unpaired) electrons. The van der Waals surface area contributed by atoms with Gasteiger partial charge in [-0.1, -0.05) is 59.3 Å². The lowest BCUT2D eigenvalue weighted by Gasteiger charge is -2.43. The zero-order chi connectivity index (χ0) is 13.7. The highest BCUT2D eigenvalue weighted by Crippen LogP contribution is 2.45. The molecule has 2 aliphatic carbocycles. The highest BCUT2D eigenvalue weighted by atomic mass is 14.9. The van der Waals surface area contributed by atoms with Crippen LogP contribution in [-0.4, -0.2) is 12.6 Å². The molecule has 4 unspecified atom stereocenters. The van der Waals surface area contributed by atoms with Gasteiger partial charge in [-0.05, 0) is 49.5 Å². The molecule has 2 saturated carbocycles. The lowest BCUT2D eigenvalue weighted by molar-refractivity contribution is 0.0778. The Balaban J connectivity index is 1.96. The minimum atomic E-state index is 0.649. The molecule has 0 aliphatic heterocycles. The predicted octanol–water partition coefficient (Wildman–Crippen LogP) is 5.01. The van der Waals surface area contributed by atoms with Gasteiger partial charge in [-0.3, -0.25) is 0 Å². The van der Waals surface area contributed by atoms with E-state index in [1.165, 1.54) is 64.3 Å². The Kier molecular flexibility index (Phi) is 6.19. The van der Waals surface area contributed by atoms with Crippen LogP contribution in [0.4, 0.5) is 0 Å². The molecule has 0 bridgehead atoms. The molecule has 0 amide bonds. The molecule has 1 nitrogen and oxygen atoms in total. The Bertz CT molecular complexity index is 248. The quantitative estimate of drug-likeness (QED) is 0.737. The second-order valence-electron chi connectivity index (χ2n) is 7.39. The Morgan fingerprint density at radius 2 is 1.37 bits per heavy atom. The third-order valence-corrected chi connectivity index (χ3v) is 5.80. The van der Waals surface area contributed by atoms with Crippen molar-refractivity contribution in [1.29, 1.82) is 0 Å². The molecule has 2 fully saturated rings. The zero-order valence-corrected chi connectivity index (χ0v) is 13.5. The normalized spacial score (nSPS) is 36.6. The van der Waals surface area contributed by atoms with Crippen LogP contribution in [0, 0.1) is 23.7 Å². The van der Waals surface area contributed by atoms with Gasteiger partial charge in [-0.25, -0.2) is 0 Å². The molecule has 19 heavy (non-hydrogen) atoms. The molecular weight excluding hydrogens is 230 g/mol. The van der Waals surface area contributed by atoms with Crippen molar-refractivity contribution in [2.45, 2.75) is 84.6 Å². The summed E-state index contributed by atoms with van der Waals surface area (Å²) in [6.45, 7) is 8.27. The van der Waals surface area contributed by atoms with E-state index in [1.54, 1.807) is 0 Å². The van der Waals surface area contributed by atoms with E-state index in [0.29, 0.717) is 6.04 Å². The van der Waals surface area contributed by atoms with Crippen LogP contribution >= 0.6 is 0 Å². The van der Waals surface area contributed by atoms with E-state index in [1.807, 2.05) is 0 Å². The van der Waals surface area contributed by atoms with E-state index in [-0.39, 0.29) is 0 Å². The Morgan fingerprint density at radius 3 is 1.95 bits per heavy atom. The van der Waals surface area contributed by atoms with E-state index in [9.17, 15) is 0 Å². The predicted molar refractivity (Wildman–Crippen MR) is 84.3 cm³/mol. The van der Waals surface area contributed by atoms with Gasteiger partial charge >= 0.3 is 0 Å². The first-order valence-corrected chi connectivity index (χ1v) is 8.95. The topological polar surface area (TPSA) is 12.0 Å². The van der Waals surface area contributed by atoms with Crippen LogP contribution in [0.1, 0.15) is 78.6 Å². The molecule has 4 atom stereocenters. The molecule has 0 saturated heterocycles. The fourth-order valence-corrected chi connectivity index (χ4v) is 4.75. The molecular formula is C18H35N. The highest BCUT2D eigenvalue weighted by Gasteiger charge is 2.36. The molecule has 1 N–H and O–H groups in total. The van der Waals surface area contributed by atoms with Crippen molar-refractivity contribution in [3.05, 3.63) is 0 Å². The summed E-state index contributed by atoms with van der Waals surface area (Å²) < 4.78 is 0. The summed E-state index contributed by atoms with van der Waals surface area (Å²) in [4.78, 5) is 0. The smallest absolute Gasteiger partial charge is 0.00104 e. The average Bonchev–Trinajstić information content (AvgIpc) is 2.45. The summed E-state index contributed by atoms with van der Waals surface area (Å²) in [6.07, 6.45) is 13.4. The fourth-order valence-electron chi connectivity index (χ4n) is 4.75. The van der Waals surface area contributed by atoms with Crippen molar-refractivity contribution >= 4 is 0 Å². The van der Waals surface area contributed by atoms with E-state index in [4.69, 9.17) is 0 Å². The number of rotatable bonds is 5. The lowest BCUT2D eigenvalue weighted by atomic mass is 9.63. The number of hydrogen-bond acceptors (Lipinski definition) is 1. The third kappa shape index (κ3) is 4.21. The molecule has 0 aromatic heterocycles. The maximum absolute atomic E-state index is 3.72. The van der Waals surface area contributed by atoms with E-state index in [0.717, 1.165) is 23.7 Å². The van der Waals surface area contributed by atoms with E-state index >= 15 is 0 Å². The first-order chi connectivity index (χ1) is 9.22. The second kappa shape index (κ2) is 7.67. The van der Waals surface area contributed by atoms with Gasteiger partial charge in [0.15, 0.2) is 0 Å². The summed E-state index contributed by atoms with van der Waals surface area (Å²) in [5.41, 5.74) is 0. The first-order valence-electron chi connectivity index (χ1n) is 8.95. The Hall–Kier alpha value is -0.0400. The van der Waals surface area contributed by atoms with Gasteiger partial charge in [-0.15, -0.1) is 0 Å². The van der Waals surface area contributed by atoms with E-state index in [2.05, 4.69) is 26.1 Å². The minimum absolute atomic E-state index is 0.649. The first kappa shape index (κ1) is 15.4. The van der Waals surface area contributed by atoms with Crippen molar-refractivity contribution in [3.63, 3.8) is 0 Å². The van der Waals surface area contributed by atoms with Crippen molar-refractivity contribution in [1.82, 2.24) is 5.32 Å². The van der Waals surface area contributed by atoms with Gasteiger partial charge < -0.3 is 5.32 Å². The third-order valence-electron chi connectivity index (χ3n) is 5.80. The Labute approximate surface area is 120 Å². The minimum Gasteiger partial charge on any atom is -0.314 e. The van der Waals surface area contributed by atoms with Crippen LogP contribution in [0.5, 0.6) is 0 Å². The van der Waals surface area contributed by atoms with Crippen LogP contribution in [0.2, 0.25) is 0 Å². The maximum Gasteiger partial charge on any atom is 0.00104 e. The van der Waals surface area contributed by atoms with Crippen molar-refractivity contribution in [2.75, 3.05) is 6.54 Å². The van der Waals surface area contributed by atoms with Gasteiger partial charge in [0, 0.05) is 6.04 Å². The molecule has 2 aliphatic rings. The summed E-state index contributed by atoms with van der Waals surface area (Å²) >= 11 is 0. The van der Waals surface area contributed by atoms with Crippen LogP contribution in [0.25, 0.3) is 0 Å². The van der Waals surface area contributed by atoms with Gasteiger partial charge in [-0.2, -0.15) is 0 Å². The summed E-state index contributed by atoms with van der Waals surface area (Å²) in [6, 6.07) is 0.649. The molecule has 0 heterocycles. The van der Waals surface area contributed by atoms with Crippen molar-refractivity contribution in [3.8, 4) is 0 Å². The van der Waals surface area contributed by atoms with Crippen LogP contribution in [-0.2, 0) is 0 Å². The summed E-state index contributed by atoms with van der Waals surface area (Å²) in [7, 11) is 0. The van der Waals surface area contributed by atoms with Crippen molar-refractivity contribution in [2.24, 2.45) is 23.7 Å². The average molecular weight is 265 g/mol. The monoisotopic (exact) mass is 265 g/mol. The second-order valence-corrected chi connectivity index (χ2v) is 7.39. The molecule has 0 aromatic carbocycles. The number of nitrogens with one attached hydrogen (secondary N) is 1. The standard InChI is InChI=1S/C18H35N/c1-4-15-9-5-7-11-17(15)18-12-8-6-10-16(18)13-19-14(2)3/h14-19H,4-13H2,1-3H3. The van der Waals surface area contributed by atoms with E-state index < -0.39 is 0 Å². The fraction of sp³-hybridized carbons (Fsp3) is 1.00. The molecule has 0 aromatic rings. The van der Waals surface area contributed by atoms with Gasteiger partial charge in [0.05, 0.1) is 0 Å². The molecule has 2 rings (SSSR count). The van der Waals surface area contributed by atoms with Crippen LogP contribution in [0.3, 0.4) is 0 Å². The van der Waals surface area contributed by atoms with Crippen LogP contribution < -0.4 is 5.32 Å². The molecule has 1 heteroatoms. The zero-order valence-electron chi connectivity index (χ0n) is 13.5. The SMILES string of the molecule is CCC1CCCCC1C1CCCCC1CNC(C)C. The molecule has 0 spiro atoms. The van der Waals surface area contributed by atoms with Gasteiger partial charge in [0.25, 0.3) is 0 Å². The Morgan fingerprint density at radius 1 is 0.842 bits per heavy atom. The maximum atomic E-state index is 3.72. The lowest BCUT2D eigenvalue weighted by Crippen LogP contribution is -2.39. The number of hydrogen-bond donors (Lipinski definition) is 1. The summed E-state index contributed by atoms with van der Waals surface area (Å²) in [5.74, 6) is 4.09. The molecule has 112 valence electrons. The largest absolute Gasteiger partial charge is 0.314 e. The highest BCUT2D eigenvalue weighted by molar-refractivity contribution is 4.87. The van der Waals surface area contributed by atoms with Crippen molar-refractivity contribution < 1.29 is 0 Å². The summed E-state index contributed by atoms with van der Waals surface area (Å²) in [5, 5.41) is 3.72. The van der Waals surface area contributed by atoms with Gasteiger partial charge in [0.2, 0.25) is 0 Å². The van der Waals surface area contributed by atoms with Crippen LogP contribution in [0.15, 0.2) is 0 Å². The van der Waals surface area contributed by atoms with Gasteiger partial charge in [0.1, 0.15) is 0 Å².